The molecule has 3 rings (SSSR count). The minimum atomic E-state index is 0.758. The fraction of sp³-hybridized carbons (Fsp3) is 0.273. The zero-order valence-electron chi connectivity index (χ0n) is 15.5. The van der Waals surface area contributed by atoms with Crippen LogP contribution in [0.2, 0.25) is 0 Å². The summed E-state index contributed by atoms with van der Waals surface area (Å²) in [5, 5.41) is 3.41. The lowest BCUT2D eigenvalue weighted by atomic mass is 10.2. The monoisotopic (exact) mass is 346 g/mol. The molecule has 0 saturated heterocycles. The number of aromatic nitrogens is 2. The third-order valence-corrected chi connectivity index (χ3v) is 4.22. The molecule has 0 aliphatic heterocycles. The van der Waals surface area contributed by atoms with Gasteiger partial charge in [-0.05, 0) is 18.9 Å². The quantitative estimate of drug-likeness (QED) is 0.624. The van der Waals surface area contributed by atoms with Gasteiger partial charge in [-0.3, -0.25) is 0 Å². The molecule has 26 heavy (non-hydrogen) atoms. The summed E-state index contributed by atoms with van der Waals surface area (Å²) >= 11 is 0. The first kappa shape index (κ1) is 17.9. The van der Waals surface area contributed by atoms with E-state index in [0.29, 0.717) is 0 Å². The van der Waals surface area contributed by atoms with E-state index in [0.717, 1.165) is 49.1 Å². The second kappa shape index (κ2) is 8.99. The smallest absolute Gasteiger partial charge is 0.163 e. The van der Waals surface area contributed by atoms with Crippen LogP contribution in [0.4, 0.5) is 11.6 Å². The fourth-order valence-corrected chi connectivity index (χ4v) is 2.81. The topological polar surface area (TPSA) is 41.0 Å². The van der Waals surface area contributed by atoms with Crippen LogP contribution in [0.25, 0.3) is 11.4 Å². The third-order valence-electron chi connectivity index (χ3n) is 4.22. The van der Waals surface area contributed by atoms with E-state index in [1.54, 1.807) is 0 Å². The molecule has 0 aliphatic carbocycles. The maximum absolute atomic E-state index is 4.85. The van der Waals surface area contributed by atoms with Crippen molar-refractivity contribution in [2.24, 2.45) is 0 Å². The van der Waals surface area contributed by atoms with Gasteiger partial charge in [-0.1, -0.05) is 67.6 Å². The highest BCUT2D eigenvalue weighted by molar-refractivity contribution is 5.61. The van der Waals surface area contributed by atoms with Gasteiger partial charge in [0.15, 0.2) is 5.82 Å². The highest BCUT2D eigenvalue weighted by Gasteiger charge is 2.12. The number of nitrogens with zero attached hydrogens (tertiary/aromatic N) is 3. The van der Waals surface area contributed by atoms with Gasteiger partial charge in [0.2, 0.25) is 0 Å². The number of hydrogen-bond donors (Lipinski definition) is 1. The Morgan fingerprint density at radius 3 is 2.23 bits per heavy atom. The van der Waals surface area contributed by atoms with E-state index in [2.05, 4.69) is 66.5 Å². The van der Waals surface area contributed by atoms with Crippen LogP contribution in [0.15, 0.2) is 66.7 Å². The molecule has 0 bridgehead atoms. The van der Waals surface area contributed by atoms with Crippen molar-refractivity contribution in [3.05, 3.63) is 72.3 Å². The molecule has 4 nitrogen and oxygen atoms in total. The molecule has 1 heterocycles. The van der Waals surface area contributed by atoms with Gasteiger partial charge in [0.05, 0.1) is 0 Å². The molecule has 0 unspecified atom stereocenters. The van der Waals surface area contributed by atoms with Crippen LogP contribution in [0.3, 0.4) is 0 Å². The third kappa shape index (κ3) is 4.60. The van der Waals surface area contributed by atoms with Crippen molar-refractivity contribution in [1.29, 1.82) is 0 Å². The molecular formula is C22H26N4. The van der Waals surface area contributed by atoms with Gasteiger partial charge < -0.3 is 10.2 Å². The van der Waals surface area contributed by atoms with Crippen molar-refractivity contribution >= 4 is 11.6 Å². The van der Waals surface area contributed by atoms with Gasteiger partial charge in [0, 0.05) is 31.3 Å². The Kier molecular flexibility index (Phi) is 6.20. The lowest BCUT2D eigenvalue weighted by molar-refractivity contribution is 0.811. The zero-order chi connectivity index (χ0) is 18.2. The Morgan fingerprint density at radius 1 is 0.885 bits per heavy atom. The van der Waals surface area contributed by atoms with Crippen molar-refractivity contribution in [2.75, 3.05) is 23.3 Å². The van der Waals surface area contributed by atoms with Gasteiger partial charge >= 0.3 is 0 Å². The molecule has 0 radical (unpaired) electrons. The van der Waals surface area contributed by atoms with Crippen LogP contribution in [-0.4, -0.2) is 23.1 Å². The summed E-state index contributed by atoms with van der Waals surface area (Å²) in [6.45, 7) is 6.92. The number of nitrogens with one attached hydrogen (secondary N) is 1. The molecule has 4 heteroatoms. The van der Waals surface area contributed by atoms with Crippen LogP contribution in [0.1, 0.15) is 25.8 Å². The van der Waals surface area contributed by atoms with E-state index in [1.807, 2.05) is 24.3 Å². The summed E-state index contributed by atoms with van der Waals surface area (Å²) in [5.41, 5.74) is 2.31. The predicted molar refractivity (Wildman–Crippen MR) is 109 cm³/mol. The summed E-state index contributed by atoms with van der Waals surface area (Å²) in [6.07, 6.45) is 1.06. The number of rotatable bonds is 8. The molecule has 0 spiro atoms. The van der Waals surface area contributed by atoms with Gasteiger partial charge in [-0.15, -0.1) is 0 Å². The molecule has 134 valence electrons. The minimum Gasteiger partial charge on any atom is -0.370 e. The van der Waals surface area contributed by atoms with Gasteiger partial charge in [0.1, 0.15) is 11.6 Å². The molecule has 1 N–H and O–H groups in total. The summed E-state index contributed by atoms with van der Waals surface area (Å²) in [5.74, 6) is 2.58. The first-order valence-corrected chi connectivity index (χ1v) is 9.27. The summed E-state index contributed by atoms with van der Waals surface area (Å²) in [7, 11) is 0. The van der Waals surface area contributed by atoms with Crippen molar-refractivity contribution in [3.63, 3.8) is 0 Å². The van der Waals surface area contributed by atoms with Gasteiger partial charge in [-0.25, -0.2) is 9.97 Å². The van der Waals surface area contributed by atoms with E-state index in [9.17, 15) is 0 Å². The van der Waals surface area contributed by atoms with E-state index in [4.69, 9.17) is 9.97 Å². The van der Waals surface area contributed by atoms with E-state index >= 15 is 0 Å². The maximum Gasteiger partial charge on any atom is 0.163 e. The second-order valence-corrected chi connectivity index (χ2v) is 6.23. The van der Waals surface area contributed by atoms with Crippen LogP contribution in [-0.2, 0) is 6.54 Å². The second-order valence-electron chi connectivity index (χ2n) is 6.23. The Bertz CT molecular complexity index is 803. The lowest BCUT2D eigenvalue weighted by Crippen LogP contribution is -2.23. The summed E-state index contributed by atoms with van der Waals surface area (Å²) < 4.78 is 0. The fourth-order valence-electron chi connectivity index (χ4n) is 2.81. The van der Waals surface area contributed by atoms with Gasteiger partial charge in [-0.2, -0.15) is 0 Å². The van der Waals surface area contributed by atoms with E-state index in [1.165, 1.54) is 5.56 Å². The molecule has 1 aromatic heterocycles. The number of benzene rings is 2. The van der Waals surface area contributed by atoms with Crippen molar-refractivity contribution in [1.82, 2.24) is 9.97 Å². The van der Waals surface area contributed by atoms with E-state index in [-0.39, 0.29) is 0 Å². The maximum atomic E-state index is 4.85. The number of anilines is 2. The minimum absolute atomic E-state index is 0.758. The lowest BCUT2D eigenvalue weighted by Gasteiger charge is -2.23. The Hall–Kier alpha value is -2.88. The first-order chi connectivity index (χ1) is 12.8. The Morgan fingerprint density at radius 2 is 1.58 bits per heavy atom. The average Bonchev–Trinajstić information content (AvgIpc) is 2.71. The van der Waals surface area contributed by atoms with Crippen molar-refractivity contribution in [3.8, 4) is 11.4 Å². The SMILES string of the molecule is CCCNc1cc(N(CC)Cc2ccccc2)nc(-c2ccccc2)n1. The van der Waals surface area contributed by atoms with Crippen LogP contribution in [0.5, 0.6) is 0 Å². The molecule has 0 fully saturated rings. The average molecular weight is 346 g/mol. The van der Waals surface area contributed by atoms with Crippen LogP contribution >= 0.6 is 0 Å². The zero-order valence-corrected chi connectivity index (χ0v) is 15.5. The molecule has 0 saturated carbocycles. The molecule has 0 aliphatic rings. The standard InChI is InChI=1S/C22H26N4/c1-3-15-23-20-16-21(25-22(24-20)19-13-9-6-10-14-19)26(4-2)17-18-11-7-5-8-12-18/h5-14,16H,3-4,15,17H2,1-2H3,(H,23,24,25). The van der Waals surface area contributed by atoms with Crippen molar-refractivity contribution in [2.45, 2.75) is 26.8 Å². The Balaban J connectivity index is 1.95. The van der Waals surface area contributed by atoms with Crippen LogP contribution < -0.4 is 10.2 Å². The normalized spacial score (nSPS) is 10.5. The highest BCUT2D eigenvalue weighted by Crippen LogP contribution is 2.23. The molecule has 3 aromatic rings. The van der Waals surface area contributed by atoms with Gasteiger partial charge in [0.25, 0.3) is 0 Å². The Labute approximate surface area is 155 Å². The van der Waals surface area contributed by atoms with E-state index < -0.39 is 0 Å². The number of hydrogen-bond acceptors (Lipinski definition) is 4. The summed E-state index contributed by atoms with van der Waals surface area (Å²) in [4.78, 5) is 11.8. The summed E-state index contributed by atoms with van der Waals surface area (Å²) in [6, 6.07) is 22.7. The van der Waals surface area contributed by atoms with Crippen LogP contribution in [0, 0.1) is 0 Å². The van der Waals surface area contributed by atoms with Crippen molar-refractivity contribution < 1.29 is 0 Å². The first-order valence-electron chi connectivity index (χ1n) is 9.27. The molecule has 0 atom stereocenters. The highest BCUT2D eigenvalue weighted by atomic mass is 15.2. The molecule has 2 aromatic carbocycles. The molecular weight excluding hydrogens is 320 g/mol. The largest absolute Gasteiger partial charge is 0.370 e. The predicted octanol–water partition coefficient (Wildman–Crippen LogP) is 4.99. The molecule has 0 amide bonds.